The van der Waals surface area contributed by atoms with E-state index in [1.165, 1.54) is 13.2 Å². The van der Waals surface area contributed by atoms with Gasteiger partial charge in [-0.2, -0.15) is 0 Å². The molecule has 0 bridgehead atoms. The van der Waals surface area contributed by atoms with Gasteiger partial charge in [-0.1, -0.05) is 25.3 Å². The average molecular weight is 480 g/mol. The Balaban J connectivity index is 2.09. The van der Waals surface area contributed by atoms with E-state index in [0.29, 0.717) is 21.0 Å². The SMILES string of the molecule is C=CC(=O)OCCCc1ccc2c(sc3c(OC)c(OC(=O)C=C)ccc32)c1OC(F)(F)F. The van der Waals surface area contributed by atoms with Gasteiger partial charge in [-0.3, -0.25) is 0 Å². The number of ether oxygens (including phenoxy) is 4. The van der Waals surface area contributed by atoms with E-state index in [1.807, 2.05) is 0 Å². The summed E-state index contributed by atoms with van der Waals surface area (Å²) in [5.74, 6) is -1.32. The number of carbonyl (C=O) groups excluding carboxylic acids is 2. The van der Waals surface area contributed by atoms with Crippen LogP contribution in [0.1, 0.15) is 12.0 Å². The summed E-state index contributed by atoms with van der Waals surface area (Å²) in [7, 11) is 1.37. The molecule has 0 saturated heterocycles. The van der Waals surface area contributed by atoms with E-state index in [4.69, 9.17) is 14.2 Å². The lowest BCUT2D eigenvalue weighted by Crippen LogP contribution is -2.18. The van der Waals surface area contributed by atoms with Crippen molar-refractivity contribution in [3.63, 3.8) is 0 Å². The highest BCUT2D eigenvalue weighted by Crippen LogP contribution is 2.48. The minimum absolute atomic E-state index is 0.0205. The molecule has 2 aromatic carbocycles. The molecule has 1 heterocycles. The fourth-order valence-electron chi connectivity index (χ4n) is 3.22. The van der Waals surface area contributed by atoms with Crippen molar-refractivity contribution in [2.24, 2.45) is 0 Å². The van der Waals surface area contributed by atoms with Crippen LogP contribution in [0.4, 0.5) is 13.2 Å². The van der Waals surface area contributed by atoms with Gasteiger partial charge in [-0.15, -0.1) is 24.5 Å². The van der Waals surface area contributed by atoms with E-state index in [1.54, 1.807) is 18.2 Å². The van der Waals surface area contributed by atoms with E-state index >= 15 is 0 Å². The van der Waals surface area contributed by atoms with Crippen LogP contribution in [-0.2, 0) is 20.7 Å². The van der Waals surface area contributed by atoms with Crippen molar-refractivity contribution in [2.75, 3.05) is 13.7 Å². The fraction of sp³-hybridized carbons (Fsp3) is 0.217. The molecule has 10 heteroatoms. The van der Waals surface area contributed by atoms with Crippen molar-refractivity contribution in [3.8, 4) is 17.2 Å². The number of alkyl halides is 3. The number of hydrogen-bond acceptors (Lipinski definition) is 7. The number of methoxy groups -OCH3 is 1. The Hall–Kier alpha value is -3.53. The number of aryl methyl sites for hydroxylation is 1. The van der Waals surface area contributed by atoms with E-state index < -0.39 is 18.3 Å². The van der Waals surface area contributed by atoms with Crippen LogP contribution in [0.25, 0.3) is 20.2 Å². The molecule has 0 spiro atoms. The molecule has 33 heavy (non-hydrogen) atoms. The number of esters is 2. The van der Waals surface area contributed by atoms with Gasteiger partial charge in [0.05, 0.1) is 23.1 Å². The third kappa shape index (κ3) is 5.46. The molecular weight excluding hydrogens is 461 g/mol. The zero-order valence-corrected chi connectivity index (χ0v) is 18.3. The first-order valence-electron chi connectivity index (χ1n) is 9.62. The number of rotatable bonds is 9. The van der Waals surface area contributed by atoms with Crippen LogP contribution in [0.2, 0.25) is 0 Å². The van der Waals surface area contributed by atoms with E-state index in [2.05, 4.69) is 17.9 Å². The molecule has 0 aliphatic carbocycles. The first-order valence-corrected chi connectivity index (χ1v) is 10.4. The van der Waals surface area contributed by atoms with Crippen molar-refractivity contribution < 1.29 is 41.7 Å². The summed E-state index contributed by atoms with van der Waals surface area (Å²) >= 11 is 1.03. The maximum atomic E-state index is 13.2. The van der Waals surface area contributed by atoms with Gasteiger partial charge in [0, 0.05) is 22.9 Å². The van der Waals surface area contributed by atoms with Crippen LogP contribution in [0.15, 0.2) is 49.6 Å². The molecule has 1 aromatic heterocycles. The summed E-state index contributed by atoms with van der Waals surface area (Å²) in [5, 5.41) is 1.14. The van der Waals surface area contributed by atoms with Crippen molar-refractivity contribution in [1.82, 2.24) is 0 Å². The molecular formula is C23H19F3O6S. The van der Waals surface area contributed by atoms with E-state index in [9.17, 15) is 22.8 Å². The summed E-state index contributed by atoms with van der Waals surface area (Å²) in [6, 6.07) is 6.37. The standard InChI is InChI=1S/C23H19F3O6S/c1-4-17(27)30-12-6-7-13-8-9-14-15-10-11-16(31-18(28)5-2)20(29-3)22(15)33-21(14)19(13)32-23(24,25)26/h4-5,8-11H,1-2,6-7,12H2,3H3. The second kappa shape index (κ2) is 9.95. The maximum Gasteiger partial charge on any atom is 0.573 e. The first-order chi connectivity index (χ1) is 15.7. The molecule has 6 nitrogen and oxygen atoms in total. The van der Waals surface area contributed by atoms with Gasteiger partial charge >= 0.3 is 18.3 Å². The number of hydrogen-bond donors (Lipinski definition) is 0. The molecule has 0 unspecified atom stereocenters. The molecule has 0 radical (unpaired) electrons. The van der Waals surface area contributed by atoms with Gasteiger partial charge in [0.1, 0.15) is 5.75 Å². The zero-order valence-electron chi connectivity index (χ0n) is 17.5. The Morgan fingerprint density at radius 2 is 1.64 bits per heavy atom. The largest absolute Gasteiger partial charge is 0.573 e. The highest BCUT2D eigenvalue weighted by molar-refractivity contribution is 7.26. The quantitative estimate of drug-likeness (QED) is 0.169. The third-order valence-corrected chi connectivity index (χ3v) is 5.78. The van der Waals surface area contributed by atoms with Crippen LogP contribution in [0, 0.1) is 0 Å². The minimum atomic E-state index is -4.91. The molecule has 0 atom stereocenters. The number of halogens is 3. The van der Waals surface area contributed by atoms with Crippen molar-refractivity contribution in [2.45, 2.75) is 19.2 Å². The van der Waals surface area contributed by atoms with E-state index in [-0.39, 0.29) is 41.4 Å². The Morgan fingerprint density at radius 1 is 1.00 bits per heavy atom. The van der Waals surface area contributed by atoms with Crippen LogP contribution < -0.4 is 14.2 Å². The smallest absolute Gasteiger partial charge is 0.491 e. The molecule has 174 valence electrons. The van der Waals surface area contributed by atoms with Crippen molar-refractivity contribution in [1.29, 1.82) is 0 Å². The van der Waals surface area contributed by atoms with Gasteiger partial charge in [0.2, 0.25) is 0 Å². The van der Waals surface area contributed by atoms with Crippen LogP contribution in [-0.4, -0.2) is 32.0 Å². The Morgan fingerprint density at radius 3 is 2.24 bits per heavy atom. The summed E-state index contributed by atoms with van der Waals surface area (Å²) in [6.07, 6.45) is -2.45. The topological polar surface area (TPSA) is 71.1 Å². The minimum Gasteiger partial charge on any atom is -0.491 e. The summed E-state index contributed by atoms with van der Waals surface area (Å²) < 4.78 is 60.4. The molecule has 0 aliphatic rings. The number of thiophene rings is 1. The predicted molar refractivity (Wildman–Crippen MR) is 118 cm³/mol. The maximum absolute atomic E-state index is 13.2. The zero-order chi connectivity index (χ0) is 24.2. The van der Waals surface area contributed by atoms with Crippen LogP contribution >= 0.6 is 11.3 Å². The number of fused-ring (bicyclic) bond motifs is 3. The molecule has 3 rings (SSSR count). The molecule has 0 aliphatic heterocycles. The van der Waals surface area contributed by atoms with Gasteiger partial charge in [0.25, 0.3) is 0 Å². The summed E-state index contributed by atoms with van der Waals surface area (Å²) in [4.78, 5) is 22.8. The first kappa shape index (κ1) is 24.1. The predicted octanol–water partition coefficient (Wildman–Crippen LogP) is 5.71. The molecule has 0 fully saturated rings. The van der Waals surface area contributed by atoms with Crippen LogP contribution in [0.5, 0.6) is 17.2 Å². The lowest BCUT2D eigenvalue weighted by Gasteiger charge is -2.14. The van der Waals surface area contributed by atoms with E-state index in [0.717, 1.165) is 23.5 Å². The highest BCUT2D eigenvalue weighted by Gasteiger charge is 2.33. The molecule has 0 N–H and O–H groups in total. The third-order valence-electron chi connectivity index (χ3n) is 4.56. The van der Waals surface area contributed by atoms with Gasteiger partial charge in [-0.05, 0) is 30.5 Å². The lowest BCUT2D eigenvalue weighted by atomic mass is 10.0. The Bertz CT molecular complexity index is 1230. The highest BCUT2D eigenvalue weighted by atomic mass is 32.1. The normalized spacial score (nSPS) is 11.3. The summed E-state index contributed by atoms with van der Waals surface area (Å²) in [5.41, 5.74) is 0.304. The van der Waals surface area contributed by atoms with Gasteiger partial charge in [-0.25, -0.2) is 9.59 Å². The lowest BCUT2D eigenvalue weighted by molar-refractivity contribution is -0.274. The second-order valence-electron chi connectivity index (χ2n) is 6.65. The van der Waals surface area contributed by atoms with Gasteiger partial charge < -0.3 is 18.9 Å². The van der Waals surface area contributed by atoms with Crippen molar-refractivity contribution >= 4 is 43.4 Å². The van der Waals surface area contributed by atoms with Gasteiger partial charge in [0.15, 0.2) is 11.5 Å². The molecule has 3 aromatic rings. The average Bonchev–Trinajstić information content (AvgIpc) is 3.15. The number of benzene rings is 2. The Kier molecular flexibility index (Phi) is 7.27. The van der Waals surface area contributed by atoms with Crippen LogP contribution in [0.3, 0.4) is 0 Å². The molecule has 0 amide bonds. The monoisotopic (exact) mass is 480 g/mol. The van der Waals surface area contributed by atoms with Crippen molar-refractivity contribution in [3.05, 3.63) is 55.1 Å². The molecule has 0 saturated carbocycles. The summed E-state index contributed by atoms with van der Waals surface area (Å²) in [6.45, 7) is 6.65. The number of carbonyl (C=O) groups is 2. The fourth-order valence-corrected chi connectivity index (χ4v) is 4.54. The second-order valence-corrected chi connectivity index (χ2v) is 7.68. The Labute approximate surface area is 190 Å².